The summed E-state index contributed by atoms with van der Waals surface area (Å²) in [6, 6.07) is 1.29. The van der Waals surface area contributed by atoms with Gasteiger partial charge in [-0.3, -0.25) is 0 Å². The maximum Gasteiger partial charge on any atom is 0.161 e. The molecule has 0 spiro atoms. The Balaban J connectivity index is 2.85. The molecule has 0 aliphatic rings. The lowest BCUT2D eigenvalue weighted by Crippen LogP contribution is -1.98. The van der Waals surface area contributed by atoms with Crippen LogP contribution in [-0.2, 0) is 4.43 Å². The van der Waals surface area contributed by atoms with E-state index in [-0.39, 0.29) is 9.76 Å². The van der Waals surface area contributed by atoms with Crippen molar-refractivity contribution >= 4 is 9.76 Å². The summed E-state index contributed by atoms with van der Waals surface area (Å²) in [7, 11) is -0.136. The van der Waals surface area contributed by atoms with Gasteiger partial charge >= 0.3 is 0 Å². The Kier molecular flexibility index (Phi) is 16.3. The lowest BCUT2D eigenvalue weighted by atomic mass is 10.1. The maximum atomic E-state index is 5.60. The van der Waals surface area contributed by atoms with Gasteiger partial charge in [-0.25, -0.2) is 0 Å². The van der Waals surface area contributed by atoms with Crippen LogP contribution in [0.5, 0.6) is 0 Å². The third-order valence-corrected chi connectivity index (χ3v) is 4.23. The monoisotopic (exact) mass is 258 g/mol. The van der Waals surface area contributed by atoms with E-state index in [0.29, 0.717) is 0 Å². The van der Waals surface area contributed by atoms with Gasteiger partial charge in [-0.1, -0.05) is 78.1 Å². The molecule has 0 saturated carbocycles. The van der Waals surface area contributed by atoms with Gasteiger partial charge in [0.25, 0.3) is 0 Å². The van der Waals surface area contributed by atoms with Crippen molar-refractivity contribution in [2.24, 2.45) is 0 Å². The van der Waals surface area contributed by atoms with Crippen molar-refractivity contribution in [2.45, 2.75) is 90.5 Å². The van der Waals surface area contributed by atoms with Crippen LogP contribution in [0.4, 0.5) is 0 Å². The molecule has 0 fully saturated rings. The summed E-state index contributed by atoms with van der Waals surface area (Å²) in [5, 5.41) is 0. The molecular weight excluding hydrogens is 224 g/mol. The van der Waals surface area contributed by atoms with E-state index in [0.717, 1.165) is 6.61 Å². The zero-order valence-electron chi connectivity index (χ0n) is 12.3. The van der Waals surface area contributed by atoms with Crippen LogP contribution in [0.1, 0.15) is 84.5 Å². The van der Waals surface area contributed by atoms with E-state index in [2.05, 4.69) is 13.8 Å². The highest BCUT2D eigenvalue weighted by Crippen LogP contribution is 2.11. The zero-order valence-corrected chi connectivity index (χ0v) is 13.7. The average Bonchev–Trinajstić information content (AvgIpc) is 2.35. The SMILES string of the molecule is CCCCCCCCCCCCCO[SiH2]CC. The van der Waals surface area contributed by atoms with Gasteiger partial charge in [0, 0.05) is 6.61 Å². The summed E-state index contributed by atoms with van der Waals surface area (Å²) >= 11 is 0. The maximum absolute atomic E-state index is 5.60. The Morgan fingerprint density at radius 2 is 1.12 bits per heavy atom. The predicted octanol–water partition coefficient (Wildman–Crippen LogP) is 4.84. The highest BCUT2D eigenvalue weighted by Gasteiger charge is 1.93. The molecule has 0 aromatic carbocycles. The first-order valence-corrected chi connectivity index (χ1v) is 9.57. The van der Waals surface area contributed by atoms with E-state index < -0.39 is 0 Å². The first kappa shape index (κ1) is 17.2. The van der Waals surface area contributed by atoms with E-state index in [9.17, 15) is 0 Å². The van der Waals surface area contributed by atoms with Gasteiger partial charge in [0.05, 0.1) is 0 Å². The third-order valence-electron chi connectivity index (χ3n) is 3.24. The minimum atomic E-state index is -0.136. The molecule has 0 aromatic heterocycles. The van der Waals surface area contributed by atoms with Crippen molar-refractivity contribution in [1.29, 1.82) is 0 Å². The minimum Gasteiger partial charge on any atom is -0.424 e. The van der Waals surface area contributed by atoms with Crippen molar-refractivity contribution in [2.75, 3.05) is 6.61 Å². The van der Waals surface area contributed by atoms with E-state index in [1.165, 1.54) is 76.7 Å². The van der Waals surface area contributed by atoms with Crippen LogP contribution >= 0.6 is 0 Å². The van der Waals surface area contributed by atoms with Crippen molar-refractivity contribution in [3.63, 3.8) is 0 Å². The Hall–Kier alpha value is 0.177. The average molecular weight is 259 g/mol. The van der Waals surface area contributed by atoms with Gasteiger partial charge in [0.1, 0.15) is 0 Å². The smallest absolute Gasteiger partial charge is 0.161 e. The first-order chi connectivity index (χ1) is 8.41. The minimum absolute atomic E-state index is 0.136. The standard InChI is InChI=1S/C15H34OSi/c1-3-5-6-7-8-9-10-11-12-13-14-15-16-17-4-2/h3-15,17H2,1-2H3. The largest absolute Gasteiger partial charge is 0.424 e. The van der Waals surface area contributed by atoms with Crippen LogP contribution in [0.3, 0.4) is 0 Å². The fourth-order valence-corrected chi connectivity index (χ4v) is 2.81. The molecule has 17 heavy (non-hydrogen) atoms. The highest BCUT2D eigenvalue weighted by molar-refractivity contribution is 6.26. The van der Waals surface area contributed by atoms with Crippen LogP contribution in [0, 0.1) is 0 Å². The Morgan fingerprint density at radius 1 is 0.647 bits per heavy atom. The molecule has 0 unspecified atom stereocenters. The Labute approximate surface area is 112 Å². The molecule has 0 radical (unpaired) electrons. The lowest BCUT2D eigenvalue weighted by Gasteiger charge is -2.03. The van der Waals surface area contributed by atoms with Crippen molar-refractivity contribution in [1.82, 2.24) is 0 Å². The molecule has 104 valence electrons. The number of hydrogen-bond donors (Lipinski definition) is 0. The summed E-state index contributed by atoms with van der Waals surface area (Å²) in [4.78, 5) is 0. The van der Waals surface area contributed by atoms with Gasteiger partial charge < -0.3 is 4.43 Å². The van der Waals surface area contributed by atoms with Gasteiger partial charge in [0.15, 0.2) is 9.76 Å². The molecule has 0 rings (SSSR count). The molecule has 0 heterocycles. The summed E-state index contributed by atoms with van der Waals surface area (Å²) in [5.41, 5.74) is 0. The third kappa shape index (κ3) is 16.2. The summed E-state index contributed by atoms with van der Waals surface area (Å²) in [6.45, 7) is 5.55. The molecule has 0 amide bonds. The van der Waals surface area contributed by atoms with Crippen LogP contribution < -0.4 is 0 Å². The van der Waals surface area contributed by atoms with E-state index >= 15 is 0 Å². The van der Waals surface area contributed by atoms with Crippen LogP contribution in [0.25, 0.3) is 0 Å². The quantitative estimate of drug-likeness (QED) is 0.320. The number of unbranched alkanes of at least 4 members (excludes halogenated alkanes) is 10. The Bertz CT molecular complexity index is 114. The van der Waals surface area contributed by atoms with Crippen LogP contribution in [0.2, 0.25) is 6.04 Å². The van der Waals surface area contributed by atoms with Gasteiger partial charge in [-0.05, 0) is 12.5 Å². The molecule has 0 saturated heterocycles. The van der Waals surface area contributed by atoms with E-state index in [4.69, 9.17) is 4.43 Å². The summed E-state index contributed by atoms with van der Waals surface area (Å²) in [6.07, 6.45) is 15.6. The number of hydrogen-bond acceptors (Lipinski definition) is 1. The van der Waals surface area contributed by atoms with Gasteiger partial charge in [-0.15, -0.1) is 0 Å². The van der Waals surface area contributed by atoms with Gasteiger partial charge in [0.2, 0.25) is 0 Å². The molecule has 0 atom stereocenters. The second kappa shape index (κ2) is 16.2. The van der Waals surface area contributed by atoms with Crippen molar-refractivity contribution in [3.8, 4) is 0 Å². The fourth-order valence-electron chi connectivity index (χ4n) is 2.11. The molecule has 0 bridgehead atoms. The van der Waals surface area contributed by atoms with Gasteiger partial charge in [-0.2, -0.15) is 0 Å². The first-order valence-electron chi connectivity index (χ1n) is 7.99. The van der Waals surface area contributed by atoms with E-state index in [1.807, 2.05) is 0 Å². The van der Waals surface area contributed by atoms with Crippen molar-refractivity contribution < 1.29 is 4.43 Å². The predicted molar refractivity (Wildman–Crippen MR) is 81.4 cm³/mol. The molecule has 0 aromatic rings. The molecule has 2 heteroatoms. The zero-order chi connectivity index (χ0) is 12.6. The van der Waals surface area contributed by atoms with Crippen LogP contribution in [-0.4, -0.2) is 16.4 Å². The lowest BCUT2D eigenvalue weighted by molar-refractivity contribution is 0.320. The fraction of sp³-hybridized carbons (Fsp3) is 1.00. The molecule has 0 aliphatic heterocycles. The highest BCUT2D eigenvalue weighted by atomic mass is 28.2. The Morgan fingerprint density at radius 3 is 1.59 bits per heavy atom. The summed E-state index contributed by atoms with van der Waals surface area (Å²) in [5.74, 6) is 0. The molecule has 0 aliphatic carbocycles. The molecule has 0 N–H and O–H groups in total. The second-order valence-electron chi connectivity index (χ2n) is 5.15. The van der Waals surface area contributed by atoms with Crippen LogP contribution in [0.15, 0.2) is 0 Å². The summed E-state index contributed by atoms with van der Waals surface area (Å²) < 4.78 is 5.60. The van der Waals surface area contributed by atoms with Crippen molar-refractivity contribution in [3.05, 3.63) is 0 Å². The second-order valence-corrected chi connectivity index (χ2v) is 6.96. The normalized spacial score (nSPS) is 11.6. The molecule has 1 nitrogen and oxygen atoms in total. The number of rotatable bonds is 14. The molecular formula is C15H34OSi. The van der Waals surface area contributed by atoms with E-state index in [1.54, 1.807) is 0 Å². The topological polar surface area (TPSA) is 9.23 Å².